The van der Waals surface area contributed by atoms with Gasteiger partial charge in [-0.3, -0.25) is 0 Å². The first-order chi connectivity index (χ1) is 6.50. The Morgan fingerprint density at radius 1 is 1.43 bits per heavy atom. The summed E-state index contributed by atoms with van der Waals surface area (Å²) < 4.78 is 25.1. The molecule has 0 aliphatic heterocycles. The second kappa shape index (κ2) is 4.84. The summed E-state index contributed by atoms with van der Waals surface area (Å²) in [5.74, 6) is 0. The van der Waals surface area contributed by atoms with E-state index < -0.39 is 12.5 Å². The van der Waals surface area contributed by atoms with E-state index in [0.29, 0.717) is 10.9 Å². The molecule has 1 aromatic carbocycles. The van der Waals surface area contributed by atoms with Gasteiger partial charge in [-0.2, -0.15) is 0 Å². The molecular weight excluding hydrogens is 254 g/mol. The van der Waals surface area contributed by atoms with Crippen LogP contribution >= 0.6 is 15.9 Å². The Kier molecular flexibility index (Phi) is 4.01. The molecule has 0 heterocycles. The molecule has 0 amide bonds. The fraction of sp³-hybridized carbons (Fsp3) is 0.400. The molecule has 1 atom stereocenters. The lowest BCUT2D eigenvalue weighted by atomic mass is 10.1. The van der Waals surface area contributed by atoms with E-state index in [-0.39, 0.29) is 5.56 Å². The SMILES string of the molecule is CC(O)Cc1ccc(C(F)F)c(Br)c1. The molecule has 1 aromatic rings. The lowest BCUT2D eigenvalue weighted by Crippen LogP contribution is -2.04. The Morgan fingerprint density at radius 2 is 2.07 bits per heavy atom. The largest absolute Gasteiger partial charge is 0.393 e. The highest BCUT2D eigenvalue weighted by Crippen LogP contribution is 2.28. The van der Waals surface area contributed by atoms with E-state index in [4.69, 9.17) is 5.11 Å². The Labute approximate surface area is 89.9 Å². The van der Waals surface area contributed by atoms with Crippen LogP contribution in [0.3, 0.4) is 0 Å². The number of aliphatic hydroxyl groups is 1. The van der Waals surface area contributed by atoms with Crippen molar-refractivity contribution in [2.75, 3.05) is 0 Å². The summed E-state index contributed by atoms with van der Waals surface area (Å²) in [6.07, 6.45) is -2.45. The maximum Gasteiger partial charge on any atom is 0.264 e. The molecular formula is C10H11BrF2O. The van der Waals surface area contributed by atoms with Crippen LogP contribution in [-0.2, 0) is 6.42 Å². The highest BCUT2D eigenvalue weighted by atomic mass is 79.9. The molecule has 1 rings (SSSR count). The van der Waals surface area contributed by atoms with Crippen molar-refractivity contribution in [3.05, 3.63) is 33.8 Å². The van der Waals surface area contributed by atoms with Crippen molar-refractivity contribution in [3.8, 4) is 0 Å². The third-order valence-electron chi connectivity index (χ3n) is 1.83. The fourth-order valence-electron chi connectivity index (χ4n) is 1.22. The topological polar surface area (TPSA) is 20.2 Å². The maximum absolute atomic E-state index is 12.3. The first-order valence-corrected chi connectivity index (χ1v) is 5.04. The average molecular weight is 265 g/mol. The summed E-state index contributed by atoms with van der Waals surface area (Å²) in [7, 11) is 0. The highest BCUT2D eigenvalue weighted by molar-refractivity contribution is 9.10. The predicted octanol–water partition coefficient (Wildman–Crippen LogP) is 3.31. The van der Waals surface area contributed by atoms with Gasteiger partial charge < -0.3 is 5.11 Å². The van der Waals surface area contributed by atoms with Gasteiger partial charge in [0.25, 0.3) is 6.43 Å². The second-order valence-electron chi connectivity index (χ2n) is 3.21. The minimum Gasteiger partial charge on any atom is -0.393 e. The fourth-order valence-corrected chi connectivity index (χ4v) is 1.81. The van der Waals surface area contributed by atoms with Gasteiger partial charge in [-0.05, 0) is 25.0 Å². The third-order valence-corrected chi connectivity index (χ3v) is 2.52. The standard InChI is InChI=1S/C10H11BrF2O/c1-6(14)4-7-2-3-8(10(12)13)9(11)5-7/h2-3,5-6,10,14H,4H2,1H3. The predicted molar refractivity (Wildman–Crippen MR) is 54.5 cm³/mol. The van der Waals surface area contributed by atoms with Gasteiger partial charge in [-0.1, -0.05) is 28.1 Å². The number of hydrogen-bond acceptors (Lipinski definition) is 1. The minimum absolute atomic E-state index is 0.0145. The van der Waals surface area contributed by atoms with E-state index in [1.54, 1.807) is 19.1 Å². The molecule has 1 unspecified atom stereocenters. The number of halogens is 3. The van der Waals surface area contributed by atoms with E-state index in [9.17, 15) is 8.78 Å². The molecule has 4 heteroatoms. The quantitative estimate of drug-likeness (QED) is 0.888. The van der Waals surface area contributed by atoms with Gasteiger partial charge in [0.05, 0.1) is 6.10 Å². The zero-order valence-corrected chi connectivity index (χ0v) is 9.26. The van der Waals surface area contributed by atoms with E-state index in [2.05, 4.69) is 15.9 Å². The molecule has 0 fully saturated rings. The van der Waals surface area contributed by atoms with Crippen molar-refractivity contribution in [3.63, 3.8) is 0 Å². The van der Waals surface area contributed by atoms with Crippen LogP contribution in [0.25, 0.3) is 0 Å². The molecule has 0 aliphatic carbocycles. The minimum atomic E-state index is -2.47. The van der Waals surface area contributed by atoms with E-state index in [0.717, 1.165) is 5.56 Å². The number of aliphatic hydroxyl groups excluding tert-OH is 1. The number of alkyl halides is 2. The zero-order valence-electron chi connectivity index (χ0n) is 7.67. The summed E-state index contributed by atoms with van der Waals surface area (Å²) in [4.78, 5) is 0. The molecule has 0 spiro atoms. The summed E-state index contributed by atoms with van der Waals surface area (Å²) >= 11 is 3.08. The van der Waals surface area contributed by atoms with Crippen molar-refractivity contribution in [1.29, 1.82) is 0 Å². The lowest BCUT2D eigenvalue weighted by molar-refractivity contribution is 0.150. The normalized spacial score (nSPS) is 13.3. The van der Waals surface area contributed by atoms with Crippen LogP contribution in [0.2, 0.25) is 0 Å². The van der Waals surface area contributed by atoms with Crippen LogP contribution < -0.4 is 0 Å². The molecule has 0 bridgehead atoms. The van der Waals surface area contributed by atoms with Crippen LogP contribution in [0, 0.1) is 0 Å². The molecule has 0 saturated heterocycles. The van der Waals surface area contributed by atoms with Gasteiger partial charge in [-0.15, -0.1) is 0 Å². The Bertz CT molecular complexity index is 313. The molecule has 0 aliphatic rings. The molecule has 1 N–H and O–H groups in total. The third kappa shape index (κ3) is 3.03. The molecule has 0 radical (unpaired) electrons. The number of benzene rings is 1. The van der Waals surface area contributed by atoms with Crippen LogP contribution in [-0.4, -0.2) is 11.2 Å². The van der Waals surface area contributed by atoms with Gasteiger partial charge in [0, 0.05) is 10.0 Å². The van der Waals surface area contributed by atoms with Gasteiger partial charge in [0.1, 0.15) is 0 Å². The smallest absolute Gasteiger partial charge is 0.264 e. The van der Waals surface area contributed by atoms with Crippen molar-refractivity contribution >= 4 is 15.9 Å². The van der Waals surface area contributed by atoms with Gasteiger partial charge in [-0.25, -0.2) is 8.78 Å². The summed E-state index contributed by atoms with van der Waals surface area (Å²) in [5.41, 5.74) is 0.829. The Morgan fingerprint density at radius 3 is 2.50 bits per heavy atom. The number of rotatable bonds is 3. The van der Waals surface area contributed by atoms with E-state index in [1.165, 1.54) is 6.07 Å². The van der Waals surface area contributed by atoms with Crippen molar-refractivity contribution in [1.82, 2.24) is 0 Å². The molecule has 0 saturated carbocycles. The number of hydrogen-bond donors (Lipinski definition) is 1. The lowest BCUT2D eigenvalue weighted by Gasteiger charge is -2.07. The summed E-state index contributed by atoms with van der Waals surface area (Å²) in [6.45, 7) is 1.66. The van der Waals surface area contributed by atoms with Gasteiger partial charge in [0.2, 0.25) is 0 Å². The first-order valence-electron chi connectivity index (χ1n) is 4.25. The maximum atomic E-state index is 12.3. The molecule has 78 valence electrons. The van der Waals surface area contributed by atoms with Crippen LogP contribution in [0.4, 0.5) is 8.78 Å². The molecule has 1 nitrogen and oxygen atoms in total. The van der Waals surface area contributed by atoms with Crippen molar-refractivity contribution < 1.29 is 13.9 Å². The molecule has 14 heavy (non-hydrogen) atoms. The van der Waals surface area contributed by atoms with Crippen LogP contribution in [0.15, 0.2) is 22.7 Å². The first kappa shape index (κ1) is 11.6. The summed E-state index contributed by atoms with van der Waals surface area (Å²) in [6, 6.07) is 4.61. The monoisotopic (exact) mass is 264 g/mol. The zero-order chi connectivity index (χ0) is 10.7. The average Bonchev–Trinajstić information content (AvgIpc) is 2.01. The molecule has 0 aromatic heterocycles. The van der Waals surface area contributed by atoms with Crippen molar-refractivity contribution in [2.24, 2.45) is 0 Å². The summed E-state index contributed by atoms with van der Waals surface area (Å²) in [5, 5.41) is 9.11. The second-order valence-corrected chi connectivity index (χ2v) is 4.06. The van der Waals surface area contributed by atoms with Gasteiger partial charge in [0.15, 0.2) is 0 Å². The van der Waals surface area contributed by atoms with E-state index in [1.807, 2.05) is 0 Å². The highest BCUT2D eigenvalue weighted by Gasteiger charge is 2.11. The van der Waals surface area contributed by atoms with Gasteiger partial charge >= 0.3 is 0 Å². The Hall–Kier alpha value is -0.480. The van der Waals surface area contributed by atoms with Crippen molar-refractivity contribution in [2.45, 2.75) is 25.9 Å². The van der Waals surface area contributed by atoms with Crippen LogP contribution in [0.5, 0.6) is 0 Å². The Balaban J connectivity index is 2.89. The van der Waals surface area contributed by atoms with E-state index >= 15 is 0 Å². The van der Waals surface area contributed by atoms with Crippen LogP contribution in [0.1, 0.15) is 24.5 Å².